The third kappa shape index (κ3) is 6.98. The number of carbonyl (C=O) groups is 1. The van der Waals surface area contributed by atoms with Gasteiger partial charge in [-0.25, -0.2) is 4.79 Å². The number of alkyl halides is 3. The number of hydrogen-bond acceptors (Lipinski definition) is 4. The fourth-order valence-electron chi connectivity index (χ4n) is 1.67. The fourth-order valence-corrected chi connectivity index (χ4v) is 1.67. The van der Waals surface area contributed by atoms with Gasteiger partial charge in [0.15, 0.2) is 0 Å². The van der Waals surface area contributed by atoms with Crippen LogP contribution in [0.15, 0.2) is 24.3 Å². The van der Waals surface area contributed by atoms with Gasteiger partial charge in [0.2, 0.25) is 0 Å². The minimum Gasteiger partial charge on any atom is -0.444 e. The molecule has 0 unspecified atom stereocenters. The number of nitro benzene ring substituents is 1. The summed E-state index contributed by atoms with van der Waals surface area (Å²) in [6, 6.07) is 4.92. The molecule has 6 nitrogen and oxygen atoms in total. The monoisotopic (exact) mass is 334 g/mol. The number of rotatable bonds is 4. The van der Waals surface area contributed by atoms with E-state index >= 15 is 0 Å². The van der Waals surface area contributed by atoms with Gasteiger partial charge >= 0.3 is 12.3 Å². The minimum atomic E-state index is -4.59. The molecule has 0 bridgehead atoms. The second-order valence-corrected chi connectivity index (χ2v) is 5.88. The average Bonchev–Trinajstić information content (AvgIpc) is 2.35. The Hall–Kier alpha value is -2.32. The Balaban J connectivity index is 2.91. The van der Waals surface area contributed by atoms with E-state index in [4.69, 9.17) is 4.74 Å². The lowest BCUT2D eigenvalue weighted by molar-refractivity contribution is -0.384. The molecule has 0 aliphatic carbocycles. The molecule has 0 aliphatic heterocycles. The average molecular weight is 334 g/mol. The number of hydrogen-bond donors (Lipinski definition) is 0. The molecule has 128 valence electrons. The molecule has 0 saturated carbocycles. The van der Waals surface area contributed by atoms with Crippen molar-refractivity contribution in [1.82, 2.24) is 4.90 Å². The highest BCUT2D eigenvalue weighted by atomic mass is 19.4. The molecule has 0 radical (unpaired) electrons. The zero-order valence-electron chi connectivity index (χ0n) is 12.9. The molecule has 0 heterocycles. The van der Waals surface area contributed by atoms with Crippen LogP contribution in [-0.2, 0) is 11.3 Å². The Bertz CT molecular complexity index is 565. The lowest BCUT2D eigenvalue weighted by atomic mass is 10.2. The molecule has 1 rings (SSSR count). The first kappa shape index (κ1) is 18.7. The quantitative estimate of drug-likeness (QED) is 0.618. The van der Waals surface area contributed by atoms with Gasteiger partial charge in [0.1, 0.15) is 12.1 Å². The molecule has 1 amide bonds. The van der Waals surface area contributed by atoms with Gasteiger partial charge in [-0.15, -0.1) is 0 Å². The highest BCUT2D eigenvalue weighted by Crippen LogP contribution is 2.21. The smallest absolute Gasteiger partial charge is 0.410 e. The maximum absolute atomic E-state index is 12.6. The van der Waals surface area contributed by atoms with Crippen molar-refractivity contribution in [3.05, 3.63) is 39.9 Å². The van der Waals surface area contributed by atoms with E-state index in [1.54, 1.807) is 20.8 Å². The summed E-state index contributed by atoms with van der Waals surface area (Å²) in [5.74, 6) is 0. The summed E-state index contributed by atoms with van der Waals surface area (Å²) in [7, 11) is 0. The number of amides is 1. The van der Waals surface area contributed by atoms with Crippen LogP contribution in [0.2, 0.25) is 0 Å². The van der Waals surface area contributed by atoms with E-state index in [0.717, 1.165) is 12.1 Å². The van der Waals surface area contributed by atoms with Gasteiger partial charge in [-0.3, -0.25) is 15.0 Å². The molecule has 9 heteroatoms. The van der Waals surface area contributed by atoms with Crippen LogP contribution >= 0.6 is 0 Å². The molecule has 1 aromatic rings. The van der Waals surface area contributed by atoms with Crippen LogP contribution in [0.1, 0.15) is 26.3 Å². The largest absolute Gasteiger partial charge is 0.444 e. The summed E-state index contributed by atoms with van der Waals surface area (Å²) in [6.45, 7) is 2.79. The third-order valence-corrected chi connectivity index (χ3v) is 2.54. The number of benzene rings is 1. The normalized spacial score (nSPS) is 11.9. The van der Waals surface area contributed by atoms with Crippen molar-refractivity contribution >= 4 is 11.8 Å². The number of non-ortho nitro benzene ring substituents is 1. The Kier molecular flexibility index (Phi) is 5.57. The fraction of sp³-hybridized carbons (Fsp3) is 0.500. The van der Waals surface area contributed by atoms with Gasteiger partial charge in [0.05, 0.1) is 4.92 Å². The van der Waals surface area contributed by atoms with Crippen molar-refractivity contribution in [2.45, 2.75) is 39.1 Å². The lowest BCUT2D eigenvalue weighted by Crippen LogP contribution is -2.41. The number of ether oxygens (including phenoxy) is 1. The van der Waals surface area contributed by atoms with E-state index in [9.17, 15) is 28.1 Å². The van der Waals surface area contributed by atoms with Gasteiger partial charge < -0.3 is 4.74 Å². The molecular formula is C14H17F3N2O4. The maximum Gasteiger partial charge on any atom is 0.410 e. The van der Waals surface area contributed by atoms with Crippen LogP contribution < -0.4 is 0 Å². The van der Waals surface area contributed by atoms with Crippen molar-refractivity contribution < 1.29 is 27.6 Å². The first-order valence-electron chi connectivity index (χ1n) is 6.65. The molecule has 0 aliphatic rings. The molecule has 0 saturated heterocycles. The maximum atomic E-state index is 12.6. The van der Waals surface area contributed by atoms with Crippen LogP contribution in [-0.4, -0.2) is 34.2 Å². The highest BCUT2D eigenvalue weighted by Gasteiger charge is 2.35. The van der Waals surface area contributed by atoms with Crippen LogP contribution in [0.4, 0.5) is 23.7 Å². The highest BCUT2D eigenvalue weighted by molar-refractivity contribution is 5.68. The van der Waals surface area contributed by atoms with Crippen molar-refractivity contribution in [2.75, 3.05) is 6.54 Å². The van der Waals surface area contributed by atoms with Crippen molar-refractivity contribution in [3.63, 3.8) is 0 Å². The van der Waals surface area contributed by atoms with Crippen molar-refractivity contribution in [3.8, 4) is 0 Å². The van der Waals surface area contributed by atoms with Gasteiger partial charge in [-0.1, -0.05) is 12.1 Å². The Labute approximate surface area is 131 Å². The van der Waals surface area contributed by atoms with Gasteiger partial charge in [0.25, 0.3) is 5.69 Å². The summed E-state index contributed by atoms with van der Waals surface area (Å²) >= 11 is 0. The zero-order valence-corrected chi connectivity index (χ0v) is 12.9. The lowest BCUT2D eigenvalue weighted by Gasteiger charge is -2.28. The molecule has 0 aromatic heterocycles. The van der Waals surface area contributed by atoms with Crippen LogP contribution in [0.25, 0.3) is 0 Å². The molecule has 0 atom stereocenters. The SMILES string of the molecule is CC(C)(C)OC(=O)N(Cc1ccc([N+](=O)[O-])cc1)CC(F)(F)F. The van der Waals surface area contributed by atoms with E-state index in [2.05, 4.69) is 0 Å². The second kappa shape index (κ2) is 6.84. The van der Waals surface area contributed by atoms with Gasteiger partial charge in [0, 0.05) is 18.7 Å². The molecule has 0 fully saturated rings. The molecule has 0 N–H and O–H groups in total. The van der Waals surface area contributed by atoms with E-state index in [-0.39, 0.29) is 12.2 Å². The summed E-state index contributed by atoms with van der Waals surface area (Å²) < 4.78 is 42.9. The predicted molar refractivity (Wildman–Crippen MR) is 75.8 cm³/mol. The van der Waals surface area contributed by atoms with E-state index < -0.39 is 29.3 Å². The van der Waals surface area contributed by atoms with E-state index in [1.165, 1.54) is 12.1 Å². The number of carbonyl (C=O) groups excluding carboxylic acids is 1. The van der Waals surface area contributed by atoms with Crippen LogP contribution in [0.3, 0.4) is 0 Å². The van der Waals surface area contributed by atoms with Crippen molar-refractivity contribution in [2.24, 2.45) is 0 Å². The molecular weight excluding hydrogens is 317 g/mol. The third-order valence-electron chi connectivity index (χ3n) is 2.54. The summed E-state index contributed by atoms with van der Waals surface area (Å²) in [5.41, 5.74) is -0.796. The first-order chi connectivity index (χ1) is 10.4. The Morgan fingerprint density at radius 3 is 2.13 bits per heavy atom. The van der Waals surface area contributed by atoms with Gasteiger partial charge in [-0.05, 0) is 26.3 Å². The molecule has 23 heavy (non-hydrogen) atoms. The summed E-state index contributed by atoms with van der Waals surface area (Å²) in [5, 5.41) is 10.6. The predicted octanol–water partition coefficient (Wildman–Crippen LogP) is 3.89. The number of nitro groups is 1. The Morgan fingerprint density at radius 1 is 1.22 bits per heavy atom. The summed E-state index contributed by atoms with van der Waals surface area (Å²) in [6.07, 6.45) is -5.69. The van der Waals surface area contributed by atoms with Crippen molar-refractivity contribution in [1.29, 1.82) is 0 Å². The number of nitrogens with zero attached hydrogens (tertiary/aromatic N) is 2. The van der Waals surface area contributed by atoms with Crippen LogP contribution in [0, 0.1) is 10.1 Å². The second-order valence-electron chi connectivity index (χ2n) is 5.88. The zero-order chi connectivity index (χ0) is 17.8. The Morgan fingerprint density at radius 2 is 1.74 bits per heavy atom. The standard InChI is InChI=1S/C14H17F3N2O4/c1-13(2,3)23-12(20)18(9-14(15,16)17)8-10-4-6-11(7-5-10)19(21)22/h4-7H,8-9H2,1-3H3. The molecule has 0 spiro atoms. The van der Waals surface area contributed by atoms with Gasteiger partial charge in [-0.2, -0.15) is 13.2 Å². The van der Waals surface area contributed by atoms with E-state index in [1.807, 2.05) is 0 Å². The topological polar surface area (TPSA) is 72.7 Å². The molecule has 1 aromatic carbocycles. The van der Waals surface area contributed by atoms with E-state index in [0.29, 0.717) is 10.5 Å². The van der Waals surface area contributed by atoms with Crippen LogP contribution in [0.5, 0.6) is 0 Å². The first-order valence-corrected chi connectivity index (χ1v) is 6.65. The summed E-state index contributed by atoms with van der Waals surface area (Å²) in [4.78, 5) is 22.4. The number of halogens is 3. The minimum absolute atomic E-state index is 0.187.